The number of ether oxygens (including phenoxy) is 1. The molecule has 1 unspecified atom stereocenters. The summed E-state index contributed by atoms with van der Waals surface area (Å²) in [4.78, 5) is 0. The molecule has 0 aliphatic heterocycles. The lowest BCUT2D eigenvalue weighted by molar-refractivity contribution is 0.340. The Morgan fingerprint density at radius 1 is 1.21 bits per heavy atom. The van der Waals surface area contributed by atoms with E-state index in [2.05, 4.69) is 15.9 Å². The molecule has 0 amide bonds. The van der Waals surface area contributed by atoms with Crippen LogP contribution < -0.4 is 4.74 Å². The van der Waals surface area contributed by atoms with Gasteiger partial charge < -0.3 is 4.74 Å². The van der Waals surface area contributed by atoms with Crippen LogP contribution in [0.5, 0.6) is 5.75 Å². The molecular weight excluding hydrogens is 331 g/mol. The second kappa shape index (κ2) is 6.40. The third-order valence-corrected chi connectivity index (χ3v) is 3.70. The minimum atomic E-state index is -0.520. The fraction of sp³-hybridized carbons (Fsp3) is 0.200. The van der Waals surface area contributed by atoms with E-state index in [0.717, 1.165) is 15.8 Å². The first-order chi connectivity index (χ1) is 9.11. The van der Waals surface area contributed by atoms with Crippen LogP contribution in [0.1, 0.15) is 23.4 Å². The highest BCUT2D eigenvalue weighted by Crippen LogP contribution is 2.33. The SMILES string of the molecule is CCOc1ccc(C(Cl)c2cc(Br)ccc2F)cc1. The second-order valence-electron chi connectivity index (χ2n) is 4.03. The summed E-state index contributed by atoms with van der Waals surface area (Å²) in [6.07, 6.45) is 0. The van der Waals surface area contributed by atoms with Gasteiger partial charge in [0.15, 0.2) is 0 Å². The monoisotopic (exact) mass is 342 g/mol. The smallest absolute Gasteiger partial charge is 0.128 e. The van der Waals surface area contributed by atoms with Crippen LogP contribution in [0.3, 0.4) is 0 Å². The molecule has 19 heavy (non-hydrogen) atoms. The molecule has 0 saturated heterocycles. The van der Waals surface area contributed by atoms with Gasteiger partial charge in [0.05, 0.1) is 12.0 Å². The summed E-state index contributed by atoms with van der Waals surface area (Å²) in [6, 6.07) is 12.1. The molecule has 0 aliphatic carbocycles. The zero-order chi connectivity index (χ0) is 13.8. The minimum Gasteiger partial charge on any atom is -0.494 e. The first-order valence-electron chi connectivity index (χ1n) is 5.93. The molecule has 0 heterocycles. The number of rotatable bonds is 4. The van der Waals surface area contributed by atoms with E-state index in [9.17, 15) is 4.39 Å². The fourth-order valence-corrected chi connectivity index (χ4v) is 2.48. The normalized spacial score (nSPS) is 12.2. The summed E-state index contributed by atoms with van der Waals surface area (Å²) >= 11 is 9.66. The summed E-state index contributed by atoms with van der Waals surface area (Å²) in [7, 11) is 0. The Hall–Kier alpha value is -1.06. The van der Waals surface area contributed by atoms with Crippen molar-refractivity contribution >= 4 is 27.5 Å². The van der Waals surface area contributed by atoms with Crippen LogP contribution >= 0.6 is 27.5 Å². The number of alkyl halides is 1. The van der Waals surface area contributed by atoms with Gasteiger partial charge in [-0.15, -0.1) is 11.6 Å². The number of hydrogen-bond donors (Lipinski definition) is 0. The van der Waals surface area contributed by atoms with Crippen LogP contribution in [-0.2, 0) is 0 Å². The average Bonchev–Trinajstić information content (AvgIpc) is 2.42. The first kappa shape index (κ1) is 14.4. The third kappa shape index (κ3) is 3.48. The van der Waals surface area contributed by atoms with Gasteiger partial charge >= 0.3 is 0 Å². The summed E-state index contributed by atoms with van der Waals surface area (Å²) in [5.74, 6) is 0.474. The van der Waals surface area contributed by atoms with Gasteiger partial charge in [0.25, 0.3) is 0 Å². The molecule has 0 N–H and O–H groups in total. The maximum absolute atomic E-state index is 13.8. The summed E-state index contributed by atoms with van der Waals surface area (Å²) in [5, 5.41) is -0.520. The molecule has 4 heteroatoms. The quantitative estimate of drug-likeness (QED) is 0.683. The van der Waals surface area contributed by atoms with Crippen LogP contribution in [0.15, 0.2) is 46.9 Å². The Balaban J connectivity index is 2.27. The van der Waals surface area contributed by atoms with Crippen LogP contribution in [0.4, 0.5) is 4.39 Å². The van der Waals surface area contributed by atoms with Gasteiger partial charge in [-0.2, -0.15) is 0 Å². The Kier molecular flexibility index (Phi) is 4.83. The van der Waals surface area contributed by atoms with E-state index >= 15 is 0 Å². The second-order valence-corrected chi connectivity index (χ2v) is 5.38. The van der Waals surface area contributed by atoms with Crippen molar-refractivity contribution in [3.8, 4) is 5.75 Å². The van der Waals surface area contributed by atoms with Crippen LogP contribution in [-0.4, -0.2) is 6.61 Å². The van der Waals surface area contributed by atoms with Gasteiger partial charge in [0, 0.05) is 10.0 Å². The van der Waals surface area contributed by atoms with Crippen LogP contribution in [0.2, 0.25) is 0 Å². The number of benzene rings is 2. The van der Waals surface area contributed by atoms with Crippen molar-refractivity contribution < 1.29 is 9.13 Å². The topological polar surface area (TPSA) is 9.23 Å². The molecule has 0 spiro atoms. The van der Waals surface area contributed by atoms with Crippen molar-refractivity contribution in [1.29, 1.82) is 0 Å². The Bertz CT molecular complexity index is 557. The molecule has 0 saturated carbocycles. The van der Waals surface area contributed by atoms with Crippen molar-refractivity contribution in [3.05, 3.63) is 63.9 Å². The Labute approximate surface area is 125 Å². The lowest BCUT2D eigenvalue weighted by Gasteiger charge is -2.12. The van der Waals surface area contributed by atoms with Gasteiger partial charge in [-0.05, 0) is 42.8 Å². The number of halogens is 3. The molecule has 0 aliphatic rings. The molecule has 2 aromatic carbocycles. The van der Waals surface area contributed by atoms with E-state index in [1.165, 1.54) is 6.07 Å². The van der Waals surface area contributed by atoms with Gasteiger partial charge in [-0.3, -0.25) is 0 Å². The van der Waals surface area contributed by atoms with Crippen molar-refractivity contribution in [2.75, 3.05) is 6.61 Å². The highest BCUT2D eigenvalue weighted by molar-refractivity contribution is 9.10. The predicted molar refractivity (Wildman–Crippen MR) is 79.4 cm³/mol. The first-order valence-corrected chi connectivity index (χ1v) is 7.16. The number of hydrogen-bond acceptors (Lipinski definition) is 1. The van der Waals surface area contributed by atoms with E-state index in [1.54, 1.807) is 12.1 Å². The molecule has 2 aromatic rings. The molecule has 2 rings (SSSR count). The maximum atomic E-state index is 13.8. The van der Waals surface area contributed by atoms with Crippen molar-refractivity contribution in [2.24, 2.45) is 0 Å². The molecule has 0 bridgehead atoms. The zero-order valence-corrected chi connectivity index (χ0v) is 12.7. The molecule has 100 valence electrons. The van der Waals surface area contributed by atoms with E-state index < -0.39 is 5.38 Å². The van der Waals surface area contributed by atoms with E-state index in [4.69, 9.17) is 16.3 Å². The van der Waals surface area contributed by atoms with Gasteiger partial charge in [0.2, 0.25) is 0 Å². The largest absolute Gasteiger partial charge is 0.494 e. The van der Waals surface area contributed by atoms with E-state index in [1.807, 2.05) is 31.2 Å². The van der Waals surface area contributed by atoms with Crippen LogP contribution in [0, 0.1) is 5.82 Å². The van der Waals surface area contributed by atoms with Gasteiger partial charge in [0.1, 0.15) is 11.6 Å². The van der Waals surface area contributed by atoms with Crippen LogP contribution in [0.25, 0.3) is 0 Å². The van der Waals surface area contributed by atoms with E-state index in [0.29, 0.717) is 12.2 Å². The average molecular weight is 344 g/mol. The van der Waals surface area contributed by atoms with E-state index in [-0.39, 0.29) is 5.82 Å². The lowest BCUT2D eigenvalue weighted by atomic mass is 10.0. The highest BCUT2D eigenvalue weighted by atomic mass is 79.9. The van der Waals surface area contributed by atoms with Gasteiger partial charge in [-0.1, -0.05) is 28.1 Å². The Morgan fingerprint density at radius 2 is 1.89 bits per heavy atom. The van der Waals surface area contributed by atoms with Crippen molar-refractivity contribution in [3.63, 3.8) is 0 Å². The summed E-state index contributed by atoms with van der Waals surface area (Å²) < 4.78 is 19.9. The molecule has 0 radical (unpaired) electrons. The molecule has 1 atom stereocenters. The fourth-order valence-electron chi connectivity index (χ4n) is 1.79. The molecule has 0 aromatic heterocycles. The molecule has 0 fully saturated rings. The standard InChI is InChI=1S/C15H13BrClFO/c1-2-19-12-6-3-10(4-7-12)15(17)13-9-11(16)5-8-14(13)18/h3-9,15H,2H2,1H3. The van der Waals surface area contributed by atoms with Gasteiger partial charge in [-0.25, -0.2) is 4.39 Å². The maximum Gasteiger partial charge on any atom is 0.128 e. The minimum absolute atomic E-state index is 0.308. The summed E-state index contributed by atoms with van der Waals surface area (Å²) in [6.45, 7) is 2.54. The lowest BCUT2D eigenvalue weighted by Crippen LogP contribution is -1.98. The molecule has 1 nitrogen and oxygen atoms in total. The molecular formula is C15H13BrClFO. The zero-order valence-electron chi connectivity index (χ0n) is 10.4. The summed E-state index contributed by atoms with van der Waals surface area (Å²) in [5.41, 5.74) is 1.29. The van der Waals surface area contributed by atoms with Crippen molar-refractivity contribution in [1.82, 2.24) is 0 Å². The Morgan fingerprint density at radius 3 is 2.53 bits per heavy atom. The highest BCUT2D eigenvalue weighted by Gasteiger charge is 2.15. The third-order valence-electron chi connectivity index (χ3n) is 2.71. The van der Waals surface area contributed by atoms with Crippen molar-refractivity contribution in [2.45, 2.75) is 12.3 Å². The predicted octanol–water partition coefficient (Wildman–Crippen LogP) is 5.32.